The predicted octanol–water partition coefficient (Wildman–Crippen LogP) is 2.71. The van der Waals surface area contributed by atoms with Crippen LogP contribution in [0.15, 0.2) is 22.7 Å². The van der Waals surface area contributed by atoms with E-state index in [2.05, 4.69) is 38.0 Å². The molecule has 4 nitrogen and oxygen atoms in total. The largest absolute Gasteiger partial charge is 0.334 e. The molecule has 0 atom stereocenters. The minimum Gasteiger partial charge on any atom is -0.334 e. The Bertz CT molecular complexity index is 501. The predicted molar refractivity (Wildman–Crippen MR) is 70.2 cm³/mol. The Labute approximate surface area is 112 Å². The summed E-state index contributed by atoms with van der Waals surface area (Å²) in [5.41, 5.74) is 0.864. The third kappa shape index (κ3) is 2.53. The van der Waals surface area contributed by atoms with E-state index in [1.807, 2.05) is 25.2 Å². The average Bonchev–Trinajstić information content (AvgIpc) is 2.71. The van der Waals surface area contributed by atoms with Gasteiger partial charge in [-0.25, -0.2) is 0 Å². The fourth-order valence-corrected chi connectivity index (χ4v) is 1.99. The van der Waals surface area contributed by atoms with Crippen molar-refractivity contribution in [1.29, 1.82) is 0 Å². The van der Waals surface area contributed by atoms with E-state index >= 15 is 0 Å². The van der Waals surface area contributed by atoms with Crippen LogP contribution in [0.4, 0.5) is 0 Å². The second-order valence-corrected chi connectivity index (χ2v) is 4.77. The molecular weight excluding hydrogens is 340 g/mol. The minimum absolute atomic E-state index is 0.497. The summed E-state index contributed by atoms with van der Waals surface area (Å²) in [6.45, 7) is 0.584. The highest BCUT2D eigenvalue weighted by molar-refractivity contribution is 14.1. The topological polar surface area (TPSA) is 51.0 Å². The summed E-state index contributed by atoms with van der Waals surface area (Å²) in [5, 5.41) is 7.48. The quantitative estimate of drug-likeness (QED) is 0.866. The van der Waals surface area contributed by atoms with Crippen molar-refractivity contribution >= 4 is 34.2 Å². The smallest absolute Gasteiger partial charge is 0.259 e. The van der Waals surface area contributed by atoms with Gasteiger partial charge < -0.3 is 9.84 Å². The molecule has 1 aromatic heterocycles. The summed E-state index contributed by atoms with van der Waals surface area (Å²) in [6, 6.07) is 5.57. The summed E-state index contributed by atoms with van der Waals surface area (Å²) in [5.74, 6) is 1.13. The molecule has 0 saturated carbocycles. The molecule has 2 rings (SSSR count). The second-order valence-electron chi connectivity index (χ2n) is 3.17. The van der Waals surface area contributed by atoms with Crippen LogP contribution in [0.3, 0.4) is 0 Å². The van der Waals surface area contributed by atoms with Gasteiger partial charge in [0.05, 0.1) is 12.1 Å². The first kappa shape index (κ1) is 11.8. The van der Waals surface area contributed by atoms with Crippen LogP contribution < -0.4 is 5.32 Å². The van der Waals surface area contributed by atoms with E-state index in [1.54, 1.807) is 0 Å². The van der Waals surface area contributed by atoms with Crippen LogP contribution in [0, 0.1) is 3.57 Å². The van der Waals surface area contributed by atoms with Crippen LogP contribution in [0.25, 0.3) is 11.5 Å². The van der Waals surface area contributed by atoms with Crippen molar-refractivity contribution in [2.45, 2.75) is 6.54 Å². The number of hydrogen-bond acceptors (Lipinski definition) is 4. The van der Waals surface area contributed by atoms with Gasteiger partial charge in [-0.3, -0.25) is 0 Å². The van der Waals surface area contributed by atoms with Gasteiger partial charge >= 0.3 is 0 Å². The maximum atomic E-state index is 5.93. The van der Waals surface area contributed by atoms with Crippen molar-refractivity contribution in [3.05, 3.63) is 32.6 Å². The molecule has 84 valence electrons. The highest BCUT2D eigenvalue weighted by atomic mass is 127. The Balaban J connectivity index is 2.38. The molecule has 2 aromatic rings. The Kier molecular flexibility index (Phi) is 3.78. The van der Waals surface area contributed by atoms with Crippen molar-refractivity contribution in [2.24, 2.45) is 0 Å². The van der Waals surface area contributed by atoms with Gasteiger partial charge in [-0.1, -0.05) is 16.8 Å². The normalized spacial score (nSPS) is 10.7. The summed E-state index contributed by atoms with van der Waals surface area (Å²) in [4.78, 5) is 4.27. The van der Waals surface area contributed by atoms with Gasteiger partial charge in [0.25, 0.3) is 5.89 Å². The molecule has 0 bridgehead atoms. The molecule has 0 amide bonds. The van der Waals surface area contributed by atoms with Crippen molar-refractivity contribution in [2.75, 3.05) is 7.05 Å². The first-order valence-electron chi connectivity index (χ1n) is 4.63. The van der Waals surface area contributed by atoms with Gasteiger partial charge in [-0.2, -0.15) is 4.98 Å². The number of nitrogens with zero attached hydrogens (tertiary/aromatic N) is 2. The van der Waals surface area contributed by atoms with Crippen molar-refractivity contribution in [3.8, 4) is 11.5 Å². The van der Waals surface area contributed by atoms with Gasteiger partial charge in [-0.15, -0.1) is 0 Å². The summed E-state index contributed by atoms with van der Waals surface area (Å²) in [7, 11) is 1.83. The van der Waals surface area contributed by atoms with E-state index in [1.165, 1.54) is 0 Å². The molecule has 1 N–H and O–H groups in total. The standard InChI is InChI=1S/C10H9ClIN3O/c1-13-5-9-14-10(16-15-9)7-4-6(11)2-3-8(7)12/h2-4,13H,5H2,1H3. The third-order valence-electron chi connectivity index (χ3n) is 1.96. The third-order valence-corrected chi connectivity index (χ3v) is 3.14. The number of rotatable bonds is 3. The van der Waals surface area contributed by atoms with Crippen LogP contribution >= 0.6 is 34.2 Å². The molecule has 0 aliphatic heterocycles. The SMILES string of the molecule is CNCc1noc(-c2cc(Cl)ccc2I)n1. The monoisotopic (exact) mass is 349 g/mol. The van der Waals surface area contributed by atoms with Gasteiger partial charge in [0, 0.05) is 8.59 Å². The first-order valence-corrected chi connectivity index (χ1v) is 6.09. The number of aromatic nitrogens is 2. The van der Waals surface area contributed by atoms with Gasteiger partial charge in [0.1, 0.15) is 0 Å². The lowest BCUT2D eigenvalue weighted by Crippen LogP contribution is -2.06. The lowest BCUT2D eigenvalue weighted by molar-refractivity contribution is 0.420. The average molecular weight is 350 g/mol. The molecule has 0 saturated heterocycles. The van der Waals surface area contributed by atoms with Crippen LogP contribution in [-0.2, 0) is 6.54 Å². The summed E-state index contributed by atoms with van der Waals surface area (Å²) < 4.78 is 6.20. The van der Waals surface area contributed by atoms with Crippen LogP contribution in [0.5, 0.6) is 0 Å². The first-order chi connectivity index (χ1) is 7.70. The van der Waals surface area contributed by atoms with Crippen molar-refractivity contribution in [1.82, 2.24) is 15.5 Å². The number of benzene rings is 1. The van der Waals surface area contributed by atoms with E-state index in [4.69, 9.17) is 16.1 Å². The molecule has 0 spiro atoms. The Morgan fingerprint density at radius 3 is 3.06 bits per heavy atom. The maximum Gasteiger partial charge on any atom is 0.259 e. The Morgan fingerprint density at radius 1 is 1.50 bits per heavy atom. The van der Waals surface area contributed by atoms with Gasteiger partial charge in [0.15, 0.2) is 5.82 Å². The zero-order chi connectivity index (χ0) is 11.5. The van der Waals surface area contributed by atoms with Gasteiger partial charge in [-0.05, 0) is 47.8 Å². The molecule has 0 radical (unpaired) electrons. The minimum atomic E-state index is 0.497. The fraction of sp³-hybridized carbons (Fsp3) is 0.200. The van der Waals surface area contributed by atoms with E-state index in [0.29, 0.717) is 23.3 Å². The summed E-state index contributed by atoms with van der Waals surface area (Å²) in [6.07, 6.45) is 0. The molecule has 1 heterocycles. The molecular formula is C10H9ClIN3O. The second kappa shape index (κ2) is 5.11. The molecule has 1 aromatic carbocycles. The lowest BCUT2D eigenvalue weighted by Gasteiger charge is -1.98. The molecule has 0 fully saturated rings. The van der Waals surface area contributed by atoms with Gasteiger partial charge in [0.2, 0.25) is 0 Å². The fourth-order valence-electron chi connectivity index (χ4n) is 1.25. The highest BCUT2D eigenvalue weighted by Gasteiger charge is 2.11. The molecule has 0 aliphatic rings. The Morgan fingerprint density at radius 2 is 2.31 bits per heavy atom. The molecule has 6 heteroatoms. The van der Waals surface area contributed by atoms with Crippen molar-refractivity contribution in [3.63, 3.8) is 0 Å². The van der Waals surface area contributed by atoms with Crippen LogP contribution in [0.1, 0.15) is 5.82 Å². The van der Waals surface area contributed by atoms with Crippen LogP contribution in [0.2, 0.25) is 5.02 Å². The highest BCUT2D eigenvalue weighted by Crippen LogP contribution is 2.26. The maximum absolute atomic E-state index is 5.93. The molecule has 0 unspecified atom stereocenters. The molecule has 0 aliphatic carbocycles. The van der Waals surface area contributed by atoms with E-state index < -0.39 is 0 Å². The number of halogens is 2. The lowest BCUT2D eigenvalue weighted by atomic mass is 10.2. The van der Waals surface area contributed by atoms with E-state index in [0.717, 1.165) is 9.13 Å². The zero-order valence-electron chi connectivity index (χ0n) is 8.50. The number of nitrogens with one attached hydrogen (secondary N) is 1. The number of hydrogen-bond donors (Lipinski definition) is 1. The zero-order valence-corrected chi connectivity index (χ0v) is 11.4. The van der Waals surface area contributed by atoms with Crippen LogP contribution in [-0.4, -0.2) is 17.2 Å². The summed E-state index contributed by atoms with van der Waals surface area (Å²) >= 11 is 8.14. The van der Waals surface area contributed by atoms with E-state index in [9.17, 15) is 0 Å². The van der Waals surface area contributed by atoms with Crippen molar-refractivity contribution < 1.29 is 4.52 Å². The Hall–Kier alpha value is -0.660. The van der Waals surface area contributed by atoms with E-state index in [-0.39, 0.29) is 0 Å². The molecule has 16 heavy (non-hydrogen) atoms.